The molecule has 0 amide bonds. The van der Waals surface area contributed by atoms with Crippen LogP contribution in [0.3, 0.4) is 0 Å². The van der Waals surface area contributed by atoms with E-state index < -0.39 is 0 Å². The molecule has 0 saturated heterocycles. The Morgan fingerprint density at radius 3 is 2.76 bits per heavy atom. The third-order valence-corrected chi connectivity index (χ3v) is 2.57. The Morgan fingerprint density at radius 1 is 1.35 bits per heavy atom. The molecule has 4 nitrogen and oxygen atoms in total. The van der Waals surface area contributed by atoms with Crippen molar-refractivity contribution >= 4 is 16.7 Å². The summed E-state index contributed by atoms with van der Waals surface area (Å²) in [6.07, 6.45) is 0.155. The van der Waals surface area contributed by atoms with Gasteiger partial charge >= 0.3 is 0 Å². The minimum atomic E-state index is -0.210. The molecule has 17 heavy (non-hydrogen) atoms. The number of carbonyl (C=O) groups excluding carboxylic acids is 1. The van der Waals surface area contributed by atoms with Gasteiger partial charge in [-0.3, -0.25) is 9.59 Å². The van der Waals surface area contributed by atoms with Crippen molar-refractivity contribution in [2.45, 2.75) is 13.3 Å². The van der Waals surface area contributed by atoms with Crippen LogP contribution in [0.15, 0.2) is 29.1 Å². The van der Waals surface area contributed by atoms with Crippen molar-refractivity contribution in [1.29, 1.82) is 0 Å². The maximum absolute atomic E-state index is 11.7. The highest BCUT2D eigenvalue weighted by Crippen LogP contribution is 2.18. The second-order valence-corrected chi connectivity index (χ2v) is 3.96. The van der Waals surface area contributed by atoms with Crippen molar-refractivity contribution < 1.29 is 9.53 Å². The molecule has 88 valence electrons. The maximum atomic E-state index is 11.7. The third-order valence-electron chi connectivity index (χ3n) is 2.57. The van der Waals surface area contributed by atoms with Gasteiger partial charge in [0, 0.05) is 22.9 Å². The number of Topliss-reactive ketones (excluding diaryl/α,β-unsaturated/α-hetero) is 1. The van der Waals surface area contributed by atoms with Crippen molar-refractivity contribution in [2.75, 3.05) is 7.11 Å². The van der Waals surface area contributed by atoms with E-state index in [0.29, 0.717) is 5.56 Å². The summed E-state index contributed by atoms with van der Waals surface area (Å²) in [5, 5.41) is 0.861. The van der Waals surface area contributed by atoms with Gasteiger partial charge in [0.2, 0.25) is 0 Å². The van der Waals surface area contributed by atoms with Crippen molar-refractivity contribution in [2.24, 2.45) is 0 Å². The summed E-state index contributed by atoms with van der Waals surface area (Å²) in [6, 6.07) is 7.13. The van der Waals surface area contributed by atoms with Gasteiger partial charge in [0.25, 0.3) is 5.56 Å². The predicted molar refractivity (Wildman–Crippen MR) is 65.5 cm³/mol. The van der Waals surface area contributed by atoms with E-state index in [-0.39, 0.29) is 17.8 Å². The molecule has 0 atom stereocenters. The first-order chi connectivity index (χ1) is 8.10. The third kappa shape index (κ3) is 2.36. The van der Waals surface area contributed by atoms with Gasteiger partial charge in [-0.15, -0.1) is 0 Å². The normalized spacial score (nSPS) is 10.5. The summed E-state index contributed by atoms with van der Waals surface area (Å²) in [7, 11) is 1.59. The van der Waals surface area contributed by atoms with Crippen LogP contribution in [0.25, 0.3) is 10.9 Å². The lowest BCUT2D eigenvalue weighted by Crippen LogP contribution is -2.14. The van der Waals surface area contributed by atoms with Crippen molar-refractivity contribution in [3.63, 3.8) is 0 Å². The van der Waals surface area contributed by atoms with E-state index in [4.69, 9.17) is 4.74 Å². The molecule has 0 bridgehead atoms. The molecule has 1 N–H and O–H groups in total. The first-order valence-corrected chi connectivity index (χ1v) is 5.29. The van der Waals surface area contributed by atoms with Crippen LogP contribution in [-0.2, 0) is 11.2 Å². The van der Waals surface area contributed by atoms with Gasteiger partial charge in [0.1, 0.15) is 11.5 Å². The average Bonchev–Trinajstić information content (AvgIpc) is 2.29. The van der Waals surface area contributed by atoms with Crippen LogP contribution in [0.1, 0.15) is 12.5 Å². The molecule has 0 aliphatic heterocycles. The minimum absolute atomic E-state index is 0.0299. The fraction of sp³-hybridized carbons (Fsp3) is 0.231. The molecule has 1 aromatic heterocycles. The zero-order valence-electron chi connectivity index (χ0n) is 9.74. The monoisotopic (exact) mass is 231 g/mol. The lowest BCUT2D eigenvalue weighted by Gasteiger charge is -2.04. The lowest BCUT2D eigenvalue weighted by molar-refractivity contribution is -0.116. The number of rotatable bonds is 3. The second-order valence-electron chi connectivity index (χ2n) is 3.96. The molecular formula is C13H13NO3. The van der Waals surface area contributed by atoms with Gasteiger partial charge in [0.15, 0.2) is 0 Å². The molecule has 0 fully saturated rings. The van der Waals surface area contributed by atoms with E-state index >= 15 is 0 Å². The molecule has 1 heterocycles. The number of methoxy groups -OCH3 is 1. The molecule has 2 aromatic rings. The van der Waals surface area contributed by atoms with Gasteiger partial charge in [-0.05, 0) is 31.2 Å². The van der Waals surface area contributed by atoms with Crippen LogP contribution >= 0.6 is 0 Å². The molecule has 0 aliphatic rings. The van der Waals surface area contributed by atoms with E-state index in [1.807, 2.05) is 6.07 Å². The van der Waals surface area contributed by atoms with Crippen molar-refractivity contribution in [3.8, 4) is 5.75 Å². The number of aromatic nitrogens is 1. The molecule has 2 rings (SSSR count). The highest BCUT2D eigenvalue weighted by atomic mass is 16.5. The number of fused-ring (bicyclic) bond motifs is 1. The Morgan fingerprint density at radius 2 is 2.12 bits per heavy atom. The van der Waals surface area contributed by atoms with Crippen LogP contribution in [0.5, 0.6) is 5.75 Å². The number of benzene rings is 1. The highest BCUT2D eigenvalue weighted by molar-refractivity contribution is 5.83. The van der Waals surface area contributed by atoms with Crippen LogP contribution in [-0.4, -0.2) is 17.9 Å². The van der Waals surface area contributed by atoms with Gasteiger partial charge < -0.3 is 9.72 Å². The standard InChI is InChI=1S/C13H13NO3/c1-8(15)5-10-6-9-7-11(17-2)3-4-12(9)14-13(10)16/h3-4,6-7H,5H2,1-2H3,(H,14,16). The summed E-state index contributed by atoms with van der Waals surface area (Å²) in [6.45, 7) is 1.47. The smallest absolute Gasteiger partial charge is 0.252 e. The number of aromatic amines is 1. The number of ether oxygens (including phenoxy) is 1. The van der Waals surface area contributed by atoms with Crippen LogP contribution < -0.4 is 10.3 Å². The fourth-order valence-electron chi connectivity index (χ4n) is 1.76. The van der Waals surface area contributed by atoms with E-state index in [0.717, 1.165) is 16.7 Å². The first-order valence-electron chi connectivity index (χ1n) is 5.29. The molecule has 0 aliphatic carbocycles. The second kappa shape index (κ2) is 4.41. The topological polar surface area (TPSA) is 59.2 Å². The minimum Gasteiger partial charge on any atom is -0.497 e. The number of ketones is 1. The molecule has 1 aromatic carbocycles. The Labute approximate surface area is 98.2 Å². The van der Waals surface area contributed by atoms with Gasteiger partial charge in [-0.25, -0.2) is 0 Å². The van der Waals surface area contributed by atoms with Crippen molar-refractivity contribution in [1.82, 2.24) is 4.98 Å². The number of carbonyl (C=O) groups is 1. The Kier molecular flexibility index (Phi) is 2.95. The average molecular weight is 231 g/mol. The number of pyridine rings is 1. The van der Waals surface area contributed by atoms with E-state index in [2.05, 4.69) is 4.98 Å². The van der Waals surface area contributed by atoms with Crippen molar-refractivity contribution in [3.05, 3.63) is 40.2 Å². The van der Waals surface area contributed by atoms with E-state index in [1.165, 1.54) is 6.92 Å². The maximum Gasteiger partial charge on any atom is 0.252 e. The van der Waals surface area contributed by atoms with Crippen LogP contribution in [0.2, 0.25) is 0 Å². The zero-order chi connectivity index (χ0) is 12.4. The molecule has 0 spiro atoms. The summed E-state index contributed by atoms with van der Waals surface area (Å²) < 4.78 is 5.11. The quantitative estimate of drug-likeness (QED) is 0.874. The summed E-state index contributed by atoms with van der Waals surface area (Å²) >= 11 is 0. The zero-order valence-corrected chi connectivity index (χ0v) is 9.74. The lowest BCUT2D eigenvalue weighted by atomic mass is 10.1. The van der Waals surface area contributed by atoms with Gasteiger partial charge in [-0.2, -0.15) is 0 Å². The van der Waals surface area contributed by atoms with E-state index in [9.17, 15) is 9.59 Å². The Bertz CT molecular complexity index is 628. The Hall–Kier alpha value is -2.10. The number of hydrogen-bond acceptors (Lipinski definition) is 3. The van der Waals surface area contributed by atoms with Crippen LogP contribution in [0, 0.1) is 0 Å². The molecule has 0 unspecified atom stereocenters. The predicted octanol–water partition coefficient (Wildman–Crippen LogP) is 1.67. The fourth-order valence-corrected chi connectivity index (χ4v) is 1.76. The SMILES string of the molecule is COc1ccc2[nH]c(=O)c(CC(C)=O)cc2c1. The number of hydrogen-bond donors (Lipinski definition) is 1. The Balaban J connectivity index is 2.60. The highest BCUT2D eigenvalue weighted by Gasteiger charge is 2.06. The van der Waals surface area contributed by atoms with Gasteiger partial charge in [0.05, 0.1) is 7.11 Å². The van der Waals surface area contributed by atoms with Crippen LogP contribution in [0.4, 0.5) is 0 Å². The summed E-state index contributed by atoms with van der Waals surface area (Å²) in [5.41, 5.74) is 1.01. The van der Waals surface area contributed by atoms with Gasteiger partial charge in [-0.1, -0.05) is 0 Å². The first kappa shape index (κ1) is 11.4. The molecule has 4 heteroatoms. The molecule has 0 saturated carbocycles. The largest absolute Gasteiger partial charge is 0.497 e. The number of H-pyrrole nitrogens is 1. The molecular weight excluding hydrogens is 218 g/mol. The number of nitrogens with one attached hydrogen (secondary N) is 1. The summed E-state index contributed by atoms with van der Waals surface area (Å²) in [4.78, 5) is 25.5. The molecule has 0 radical (unpaired) electrons. The van der Waals surface area contributed by atoms with E-state index in [1.54, 1.807) is 25.3 Å². The summed E-state index contributed by atoms with van der Waals surface area (Å²) in [5.74, 6) is 0.691.